The van der Waals surface area contributed by atoms with Gasteiger partial charge in [-0.1, -0.05) is 41.7 Å². The van der Waals surface area contributed by atoms with Gasteiger partial charge in [-0.15, -0.1) is 0 Å². The number of nitrogens with one attached hydrogen (secondary N) is 1. The van der Waals surface area contributed by atoms with Crippen molar-refractivity contribution in [2.24, 2.45) is 0 Å². The molecule has 6 heteroatoms. The van der Waals surface area contributed by atoms with Gasteiger partial charge >= 0.3 is 0 Å². The van der Waals surface area contributed by atoms with Crippen molar-refractivity contribution < 1.29 is 14.3 Å². The predicted octanol–water partition coefficient (Wildman–Crippen LogP) is 4.28. The molecule has 0 aliphatic heterocycles. The van der Waals surface area contributed by atoms with E-state index in [0.717, 1.165) is 22.4 Å². The maximum Gasteiger partial charge on any atom is 0.226 e. The number of methoxy groups -OCH3 is 1. The fraction of sp³-hybridized carbons (Fsp3) is 0.300. The quantitative estimate of drug-likeness (QED) is 0.571. The summed E-state index contributed by atoms with van der Waals surface area (Å²) in [6.45, 7) is 1.25. The highest BCUT2D eigenvalue weighted by atomic mass is 32.1. The summed E-state index contributed by atoms with van der Waals surface area (Å²) in [4.78, 5) is 16.5. The van der Waals surface area contributed by atoms with E-state index in [-0.39, 0.29) is 5.91 Å². The molecule has 5 nitrogen and oxygen atoms in total. The van der Waals surface area contributed by atoms with Crippen LogP contribution in [0.15, 0.2) is 48.5 Å². The lowest BCUT2D eigenvalue weighted by Crippen LogP contribution is -2.12. The highest BCUT2D eigenvalue weighted by Gasteiger charge is 2.08. The number of rotatable bonds is 9. The van der Waals surface area contributed by atoms with Gasteiger partial charge in [0.25, 0.3) is 0 Å². The van der Waals surface area contributed by atoms with Gasteiger partial charge in [-0.25, -0.2) is 4.98 Å². The maximum atomic E-state index is 12.0. The Morgan fingerprint density at radius 2 is 2.00 bits per heavy atom. The lowest BCUT2D eigenvalue weighted by atomic mass is 10.2. The molecule has 3 aromatic rings. The molecular formula is C20H22N2O3S. The molecule has 0 atom stereocenters. The lowest BCUT2D eigenvalue weighted by Gasteiger charge is -2.04. The van der Waals surface area contributed by atoms with Crippen molar-refractivity contribution >= 4 is 32.6 Å². The molecule has 0 unspecified atom stereocenters. The third-order valence-corrected chi connectivity index (χ3v) is 4.85. The highest BCUT2D eigenvalue weighted by molar-refractivity contribution is 7.22. The zero-order chi connectivity index (χ0) is 18.2. The van der Waals surface area contributed by atoms with Crippen LogP contribution < -0.4 is 10.1 Å². The minimum Gasteiger partial charge on any atom is -0.497 e. The third-order valence-electron chi connectivity index (χ3n) is 3.91. The summed E-state index contributed by atoms with van der Waals surface area (Å²) in [5, 5.41) is 3.47. The Morgan fingerprint density at radius 3 is 2.81 bits per heavy atom. The van der Waals surface area contributed by atoms with Crippen molar-refractivity contribution in [1.29, 1.82) is 0 Å². The summed E-state index contributed by atoms with van der Waals surface area (Å²) < 4.78 is 11.8. The number of ether oxygens (including phenoxy) is 2. The second-order valence-electron chi connectivity index (χ2n) is 5.85. The van der Waals surface area contributed by atoms with Gasteiger partial charge in [0.05, 0.1) is 23.9 Å². The molecule has 0 radical (unpaired) electrons. The first-order valence-corrected chi connectivity index (χ1v) is 9.42. The number of fused-ring (bicyclic) bond motifs is 1. The number of hydrogen-bond donors (Lipinski definition) is 1. The van der Waals surface area contributed by atoms with E-state index in [1.807, 2.05) is 36.4 Å². The highest BCUT2D eigenvalue weighted by Crippen LogP contribution is 2.29. The molecule has 0 spiro atoms. The van der Waals surface area contributed by atoms with E-state index in [1.165, 1.54) is 16.9 Å². The van der Waals surface area contributed by atoms with Crippen molar-refractivity contribution in [1.82, 2.24) is 4.98 Å². The summed E-state index contributed by atoms with van der Waals surface area (Å²) in [7, 11) is 1.63. The molecule has 1 heterocycles. The van der Waals surface area contributed by atoms with Crippen molar-refractivity contribution in [3.8, 4) is 5.75 Å². The van der Waals surface area contributed by atoms with Crippen LogP contribution in [-0.2, 0) is 16.0 Å². The summed E-state index contributed by atoms with van der Waals surface area (Å²) in [5.41, 5.74) is 2.12. The Morgan fingerprint density at radius 1 is 1.15 bits per heavy atom. The maximum absolute atomic E-state index is 12.0. The van der Waals surface area contributed by atoms with Gasteiger partial charge in [0.1, 0.15) is 5.75 Å². The Kier molecular flexibility index (Phi) is 6.57. The first kappa shape index (κ1) is 18.4. The monoisotopic (exact) mass is 370 g/mol. The van der Waals surface area contributed by atoms with E-state index < -0.39 is 0 Å². The minimum absolute atomic E-state index is 0.0392. The van der Waals surface area contributed by atoms with Crippen LogP contribution in [0, 0.1) is 0 Å². The third kappa shape index (κ3) is 5.28. The first-order valence-electron chi connectivity index (χ1n) is 8.61. The van der Waals surface area contributed by atoms with E-state index >= 15 is 0 Å². The van der Waals surface area contributed by atoms with Crippen LogP contribution >= 0.6 is 11.3 Å². The van der Waals surface area contributed by atoms with Crippen LogP contribution in [0.3, 0.4) is 0 Å². The van der Waals surface area contributed by atoms with Crippen molar-refractivity contribution in [3.63, 3.8) is 0 Å². The zero-order valence-corrected chi connectivity index (χ0v) is 15.6. The number of anilines is 1. The Bertz CT molecular complexity index is 849. The number of carbonyl (C=O) groups is 1. The largest absolute Gasteiger partial charge is 0.497 e. The standard InChI is InChI=1S/C20H22N2O3S/c1-24-16-9-10-17-18(14-16)26-20(21-17)22-19(23)8-5-12-25-13-11-15-6-3-2-4-7-15/h2-4,6-7,9-10,14H,5,8,11-13H2,1H3,(H,21,22,23). The van der Waals surface area contributed by atoms with Gasteiger partial charge in [0.15, 0.2) is 5.13 Å². The Hall–Kier alpha value is -2.44. The molecule has 0 bridgehead atoms. The Labute approximate surface area is 157 Å². The number of hydrogen-bond acceptors (Lipinski definition) is 5. The molecule has 0 aliphatic carbocycles. The van der Waals surface area contributed by atoms with Crippen LogP contribution in [0.25, 0.3) is 10.2 Å². The first-order chi connectivity index (χ1) is 12.7. The molecule has 0 aliphatic rings. The predicted molar refractivity (Wildman–Crippen MR) is 105 cm³/mol. The van der Waals surface area contributed by atoms with Crippen LogP contribution in [0.2, 0.25) is 0 Å². The van der Waals surface area contributed by atoms with Crippen molar-refractivity contribution in [3.05, 3.63) is 54.1 Å². The summed E-state index contributed by atoms with van der Waals surface area (Å²) in [5.74, 6) is 0.745. The molecule has 136 valence electrons. The van der Waals surface area contributed by atoms with E-state index in [9.17, 15) is 4.79 Å². The number of aromatic nitrogens is 1. The summed E-state index contributed by atoms with van der Waals surface area (Å²) in [6.07, 6.45) is 2.01. The van der Waals surface area contributed by atoms with Gasteiger partial charge < -0.3 is 14.8 Å². The van der Waals surface area contributed by atoms with Gasteiger partial charge in [0.2, 0.25) is 5.91 Å². The summed E-state index contributed by atoms with van der Waals surface area (Å²) >= 11 is 1.45. The minimum atomic E-state index is -0.0392. The topological polar surface area (TPSA) is 60.5 Å². The van der Waals surface area contributed by atoms with E-state index in [0.29, 0.717) is 31.2 Å². The fourth-order valence-electron chi connectivity index (χ4n) is 2.54. The van der Waals surface area contributed by atoms with Crippen LogP contribution in [0.4, 0.5) is 5.13 Å². The van der Waals surface area contributed by atoms with Gasteiger partial charge in [-0.3, -0.25) is 4.79 Å². The zero-order valence-electron chi connectivity index (χ0n) is 14.7. The fourth-order valence-corrected chi connectivity index (χ4v) is 3.45. The molecule has 0 saturated carbocycles. The average Bonchev–Trinajstić information content (AvgIpc) is 3.06. The molecule has 1 aromatic heterocycles. The van der Waals surface area contributed by atoms with Crippen LogP contribution in [0.1, 0.15) is 18.4 Å². The molecule has 1 N–H and O–H groups in total. The van der Waals surface area contributed by atoms with E-state index in [1.54, 1.807) is 7.11 Å². The van der Waals surface area contributed by atoms with Crippen molar-refractivity contribution in [2.75, 3.05) is 25.6 Å². The van der Waals surface area contributed by atoms with E-state index in [4.69, 9.17) is 9.47 Å². The number of nitrogens with zero attached hydrogens (tertiary/aromatic N) is 1. The molecule has 1 amide bonds. The van der Waals surface area contributed by atoms with Crippen LogP contribution in [-0.4, -0.2) is 31.2 Å². The van der Waals surface area contributed by atoms with Gasteiger partial charge in [-0.2, -0.15) is 0 Å². The molecule has 0 fully saturated rings. The van der Waals surface area contributed by atoms with E-state index in [2.05, 4.69) is 22.4 Å². The average molecular weight is 370 g/mol. The van der Waals surface area contributed by atoms with Crippen LogP contribution in [0.5, 0.6) is 5.75 Å². The molecule has 3 rings (SSSR count). The lowest BCUT2D eigenvalue weighted by molar-refractivity contribution is -0.116. The SMILES string of the molecule is COc1ccc2nc(NC(=O)CCCOCCc3ccccc3)sc2c1. The molecule has 26 heavy (non-hydrogen) atoms. The smallest absolute Gasteiger partial charge is 0.226 e. The second kappa shape index (κ2) is 9.31. The number of carbonyl (C=O) groups excluding carboxylic acids is 1. The number of benzene rings is 2. The van der Waals surface area contributed by atoms with Gasteiger partial charge in [-0.05, 0) is 36.6 Å². The Balaban J connectivity index is 1.36. The second-order valence-corrected chi connectivity index (χ2v) is 6.88. The number of thiazole rings is 1. The van der Waals surface area contributed by atoms with Gasteiger partial charge in [0, 0.05) is 13.0 Å². The summed E-state index contributed by atoms with van der Waals surface area (Å²) in [6, 6.07) is 15.9. The molecule has 0 saturated heterocycles. The number of amides is 1. The van der Waals surface area contributed by atoms with Crippen molar-refractivity contribution in [2.45, 2.75) is 19.3 Å². The molecule has 2 aromatic carbocycles. The molecular weight excluding hydrogens is 348 g/mol. The normalized spacial score (nSPS) is 10.8.